The van der Waals surface area contributed by atoms with Gasteiger partial charge in [-0.15, -0.1) is 0 Å². The predicted molar refractivity (Wildman–Crippen MR) is 113 cm³/mol. The van der Waals surface area contributed by atoms with Crippen LogP contribution in [0.25, 0.3) is 0 Å². The molecule has 1 unspecified atom stereocenters. The van der Waals surface area contributed by atoms with Crippen LogP contribution < -0.4 is 5.32 Å². The van der Waals surface area contributed by atoms with E-state index in [9.17, 15) is 0 Å². The zero-order valence-corrected chi connectivity index (χ0v) is 18.0. The summed E-state index contributed by atoms with van der Waals surface area (Å²) in [7, 11) is 4.11. The predicted octanol–water partition coefficient (Wildman–Crippen LogP) is 2.59. The minimum absolute atomic E-state index is 0.642. The second kappa shape index (κ2) is 11.1. The molecular formula is C21H43N5. The summed E-state index contributed by atoms with van der Waals surface area (Å²) in [6.45, 7) is 16.4. The first-order valence-corrected chi connectivity index (χ1v) is 10.9. The third-order valence-corrected chi connectivity index (χ3v) is 6.33. The largest absolute Gasteiger partial charge is 0.356 e. The third-order valence-electron chi connectivity index (χ3n) is 6.33. The molecule has 0 aromatic rings. The third kappa shape index (κ3) is 7.07. The molecule has 26 heavy (non-hydrogen) atoms. The number of nitrogens with zero attached hydrogens (tertiary/aromatic N) is 4. The number of likely N-dealkylation sites (N-methyl/N-ethyl adjacent to an activating group) is 1. The van der Waals surface area contributed by atoms with Crippen LogP contribution in [0.2, 0.25) is 0 Å². The molecule has 5 nitrogen and oxygen atoms in total. The van der Waals surface area contributed by atoms with Crippen molar-refractivity contribution in [2.45, 2.75) is 46.5 Å². The molecule has 1 atom stereocenters. The summed E-state index contributed by atoms with van der Waals surface area (Å²) in [6, 6.07) is 0. The van der Waals surface area contributed by atoms with Crippen LogP contribution in [-0.4, -0.2) is 87.1 Å². The van der Waals surface area contributed by atoms with Gasteiger partial charge in [0.15, 0.2) is 5.96 Å². The average molecular weight is 366 g/mol. The van der Waals surface area contributed by atoms with E-state index < -0.39 is 0 Å². The van der Waals surface area contributed by atoms with Gasteiger partial charge >= 0.3 is 0 Å². The molecule has 2 aliphatic rings. The summed E-state index contributed by atoms with van der Waals surface area (Å²) in [5.41, 5.74) is 0. The van der Waals surface area contributed by atoms with Gasteiger partial charge in [0.1, 0.15) is 0 Å². The van der Waals surface area contributed by atoms with Crippen molar-refractivity contribution in [1.82, 2.24) is 20.0 Å². The lowest BCUT2D eigenvalue weighted by molar-refractivity contribution is 0.124. The summed E-state index contributed by atoms with van der Waals surface area (Å²) in [5, 5.41) is 3.62. The highest BCUT2D eigenvalue weighted by molar-refractivity contribution is 5.79. The van der Waals surface area contributed by atoms with Crippen LogP contribution in [0.15, 0.2) is 4.99 Å². The standard InChI is InChI=1S/C21H43N5/c1-6-25-11-13-26(14-12-25)16-19(3)15-23-21(22-4)24(5)17-20-9-7-18(2)8-10-20/h18-20H,6-17H2,1-5H3,(H,22,23). The number of guanidine groups is 1. The Kier molecular flexibility index (Phi) is 9.20. The SMILES string of the molecule is CCN1CCN(CC(C)CNC(=NC)N(C)CC2CCC(C)CC2)CC1. The van der Waals surface area contributed by atoms with E-state index in [0.29, 0.717) is 5.92 Å². The van der Waals surface area contributed by atoms with Crippen molar-refractivity contribution in [3.63, 3.8) is 0 Å². The highest BCUT2D eigenvalue weighted by atomic mass is 15.3. The lowest BCUT2D eigenvalue weighted by atomic mass is 9.83. The fraction of sp³-hybridized carbons (Fsp3) is 0.952. The Labute approximate surface area is 162 Å². The molecule has 2 rings (SSSR count). The van der Waals surface area contributed by atoms with Gasteiger partial charge in [-0.2, -0.15) is 0 Å². The molecule has 1 N–H and O–H groups in total. The van der Waals surface area contributed by atoms with E-state index in [1.54, 1.807) is 0 Å². The normalized spacial score (nSPS) is 27.3. The Bertz CT molecular complexity index is 409. The lowest BCUT2D eigenvalue weighted by Crippen LogP contribution is -2.49. The summed E-state index contributed by atoms with van der Waals surface area (Å²) in [6.07, 6.45) is 5.55. The van der Waals surface area contributed by atoms with Gasteiger partial charge in [-0.3, -0.25) is 4.99 Å². The maximum atomic E-state index is 4.52. The molecule has 0 spiro atoms. The van der Waals surface area contributed by atoms with E-state index in [1.807, 2.05) is 7.05 Å². The molecule has 0 aromatic carbocycles. The van der Waals surface area contributed by atoms with Crippen molar-refractivity contribution in [1.29, 1.82) is 0 Å². The lowest BCUT2D eigenvalue weighted by Gasteiger charge is -2.35. The van der Waals surface area contributed by atoms with E-state index in [0.717, 1.165) is 30.9 Å². The number of nitrogens with one attached hydrogen (secondary N) is 1. The van der Waals surface area contributed by atoms with Gasteiger partial charge in [-0.1, -0.05) is 33.6 Å². The van der Waals surface area contributed by atoms with Gasteiger partial charge in [-0.25, -0.2) is 0 Å². The zero-order valence-electron chi connectivity index (χ0n) is 18.0. The van der Waals surface area contributed by atoms with Crippen LogP contribution in [0, 0.1) is 17.8 Å². The molecule has 1 saturated carbocycles. The van der Waals surface area contributed by atoms with E-state index in [-0.39, 0.29) is 0 Å². The fourth-order valence-corrected chi connectivity index (χ4v) is 4.43. The maximum absolute atomic E-state index is 4.52. The van der Waals surface area contributed by atoms with Crippen molar-refractivity contribution in [3.05, 3.63) is 0 Å². The summed E-state index contributed by atoms with van der Waals surface area (Å²) in [5.74, 6) is 3.46. The zero-order chi connectivity index (χ0) is 18.9. The molecule has 0 bridgehead atoms. The molecule has 0 aromatic heterocycles. The van der Waals surface area contributed by atoms with E-state index >= 15 is 0 Å². The van der Waals surface area contributed by atoms with Crippen LogP contribution in [0.5, 0.6) is 0 Å². The van der Waals surface area contributed by atoms with Crippen LogP contribution in [0.3, 0.4) is 0 Å². The Morgan fingerprint density at radius 3 is 2.31 bits per heavy atom. The van der Waals surface area contributed by atoms with E-state index in [4.69, 9.17) is 0 Å². The quantitative estimate of drug-likeness (QED) is 0.555. The molecule has 1 saturated heterocycles. The highest BCUT2D eigenvalue weighted by Crippen LogP contribution is 2.28. The smallest absolute Gasteiger partial charge is 0.193 e. The first kappa shape index (κ1) is 21.5. The van der Waals surface area contributed by atoms with E-state index in [1.165, 1.54) is 65.0 Å². The van der Waals surface area contributed by atoms with E-state index in [2.05, 4.69) is 52.8 Å². The first-order chi connectivity index (χ1) is 12.5. The molecule has 152 valence electrons. The molecule has 1 aliphatic carbocycles. The molecule has 0 radical (unpaired) electrons. The van der Waals surface area contributed by atoms with Gasteiger partial charge in [0, 0.05) is 59.9 Å². The topological polar surface area (TPSA) is 34.1 Å². The first-order valence-electron chi connectivity index (χ1n) is 10.9. The molecule has 5 heteroatoms. The summed E-state index contributed by atoms with van der Waals surface area (Å²) in [4.78, 5) is 12.0. The minimum atomic E-state index is 0.642. The molecule has 1 heterocycles. The number of aliphatic imine (C=N–C) groups is 1. The number of hydrogen-bond acceptors (Lipinski definition) is 3. The highest BCUT2D eigenvalue weighted by Gasteiger charge is 2.21. The van der Waals surface area contributed by atoms with Crippen molar-refractivity contribution in [3.8, 4) is 0 Å². The van der Waals surface area contributed by atoms with Gasteiger partial charge in [0.05, 0.1) is 0 Å². The minimum Gasteiger partial charge on any atom is -0.356 e. The second-order valence-corrected chi connectivity index (χ2v) is 8.77. The number of hydrogen-bond donors (Lipinski definition) is 1. The fourth-order valence-electron chi connectivity index (χ4n) is 4.43. The van der Waals surface area contributed by atoms with Crippen LogP contribution in [0.4, 0.5) is 0 Å². The van der Waals surface area contributed by atoms with Crippen molar-refractivity contribution < 1.29 is 0 Å². The number of piperazine rings is 1. The Hall–Kier alpha value is -0.810. The van der Waals surface area contributed by atoms with Gasteiger partial charge in [0.25, 0.3) is 0 Å². The second-order valence-electron chi connectivity index (χ2n) is 8.77. The Morgan fingerprint density at radius 1 is 1.12 bits per heavy atom. The molecule has 2 fully saturated rings. The Balaban J connectivity index is 1.67. The maximum Gasteiger partial charge on any atom is 0.193 e. The van der Waals surface area contributed by atoms with Gasteiger partial charge in [-0.05, 0) is 37.1 Å². The monoisotopic (exact) mass is 365 g/mol. The van der Waals surface area contributed by atoms with Crippen molar-refractivity contribution in [2.75, 3.05) is 66.5 Å². The van der Waals surface area contributed by atoms with Crippen molar-refractivity contribution >= 4 is 5.96 Å². The van der Waals surface area contributed by atoms with Crippen LogP contribution in [0.1, 0.15) is 46.5 Å². The number of rotatable bonds is 7. The van der Waals surface area contributed by atoms with Gasteiger partial charge in [0.2, 0.25) is 0 Å². The average Bonchev–Trinajstić information content (AvgIpc) is 2.64. The van der Waals surface area contributed by atoms with Crippen LogP contribution >= 0.6 is 0 Å². The Morgan fingerprint density at radius 2 is 1.73 bits per heavy atom. The molecular weight excluding hydrogens is 322 g/mol. The summed E-state index contributed by atoms with van der Waals surface area (Å²) >= 11 is 0. The van der Waals surface area contributed by atoms with Crippen molar-refractivity contribution in [2.24, 2.45) is 22.7 Å². The summed E-state index contributed by atoms with van der Waals surface area (Å²) < 4.78 is 0. The molecule has 1 aliphatic heterocycles. The van der Waals surface area contributed by atoms with Crippen LogP contribution in [-0.2, 0) is 0 Å². The molecule has 0 amide bonds. The van der Waals surface area contributed by atoms with Gasteiger partial charge < -0.3 is 20.0 Å².